The zero-order valence-electron chi connectivity index (χ0n) is 15.4. The molecule has 28 heavy (non-hydrogen) atoms. The predicted molar refractivity (Wildman–Crippen MR) is 105 cm³/mol. The molecule has 0 aliphatic carbocycles. The van der Waals surface area contributed by atoms with Crippen LogP contribution < -0.4 is 22.1 Å². The van der Waals surface area contributed by atoms with E-state index in [2.05, 4.69) is 30.6 Å². The van der Waals surface area contributed by atoms with Crippen LogP contribution >= 0.6 is 0 Å². The number of nitrogens with two attached hydrogens (primary N) is 2. The molecule has 10 heteroatoms. The fourth-order valence-electron chi connectivity index (χ4n) is 2.63. The lowest BCUT2D eigenvalue weighted by atomic mass is 10.0. The number of pyridine rings is 2. The van der Waals surface area contributed by atoms with Crippen molar-refractivity contribution in [2.75, 3.05) is 10.6 Å². The highest BCUT2D eigenvalue weighted by Crippen LogP contribution is 2.22. The number of primary amides is 2. The molecule has 3 rings (SSSR count). The molecule has 10 nitrogen and oxygen atoms in total. The van der Waals surface area contributed by atoms with Gasteiger partial charge in [0, 0.05) is 17.8 Å². The van der Waals surface area contributed by atoms with Gasteiger partial charge < -0.3 is 22.1 Å². The Morgan fingerprint density at radius 2 is 1.89 bits per heavy atom. The molecule has 2 amide bonds. The quantitative estimate of drug-likeness (QED) is 0.475. The maximum atomic E-state index is 11.7. The normalized spacial score (nSPS) is 12.0. The second-order valence-electron chi connectivity index (χ2n) is 6.50. The number of hydrogen-bond donors (Lipinski definition) is 4. The molecule has 3 aromatic heterocycles. The smallest absolute Gasteiger partial charge is 0.271 e. The first kappa shape index (κ1) is 19.0. The van der Waals surface area contributed by atoms with Gasteiger partial charge in [0.25, 0.3) is 5.91 Å². The minimum absolute atomic E-state index is 0.0444. The highest BCUT2D eigenvalue weighted by molar-refractivity contribution is 5.96. The predicted octanol–water partition coefficient (Wildman–Crippen LogP) is 1.18. The first-order valence-electron chi connectivity index (χ1n) is 8.54. The topological polar surface area (TPSA) is 162 Å². The molecule has 144 valence electrons. The van der Waals surface area contributed by atoms with Gasteiger partial charge in [-0.15, -0.1) is 0 Å². The van der Waals surface area contributed by atoms with Crippen LogP contribution in [-0.4, -0.2) is 37.8 Å². The van der Waals surface area contributed by atoms with Gasteiger partial charge in [-0.3, -0.25) is 19.6 Å². The third kappa shape index (κ3) is 4.11. The van der Waals surface area contributed by atoms with Crippen molar-refractivity contribution in [3.63, 3.8) is 0 Å². The molecule has 0 aliphatic heterocycles. The summed E-state index contributed by atoms with van der Waals surface area (Å²) in [6, 6.07) is 2.95. The molecule has 0 aromatic carbocycles. The monoisotopic (exact) mass is 380 g/mol. The molecule has 6 N–H and O–H groups in total. The number of anilines is 3. The first-order chi connectivity index (χ1) is 13.3. The van der Waals surface area contributed by atoms with Gasteiger partial charge >= 0.3 is 0 Å². The Bertz CT molecular complexity index is 1040. The lowest BCUT2D eigenvalue weighted by Crippen LogP contribution is -2.39. The number of nitrogens with one attached hydrogen (secondary N) is 2. The zero-order chi connectivity index (χ0) is 20.3. The van der Waals surface area contributed by atoms with E-state index < -0.39 is 17.9 Å². The number of aromatic nitrogens is 4. The molecule has 0 saturated carbocycles. The van der Waals surface area contributed by atoms with Crippen LogP contribution in [0.5, 0.6) is 0 Å². The summed E-state index contributed by atoms with van der Waals surface area (Å²) in [6.07, 6.45) is 6.24. The zero-order valence-corrected chi connectivity index (χ0v) is 15.4. The van der Waals surface area contributed by atoms with Crippen LogP contribution in [-0.2, 0) is 4.79 Å². The van der Waals surface area contributed by atoms with E-state index in [1.165, 1.54) is 6.20 Å². The molecule has 0 spiro atoms. The SMILES string of the molecule is CC(C)C(Nc1cnc(C(N)=O)c(Nc2cnc3ccncc3c2)n1)C(N)=O. The van der Waals surface area contributed by atoms with Crippen LogP contribution in [0.2, 0.25) is 0 Å². The van der Waals surface area contributed by atoms with E-state index >= 15 is 0 Å². The highest BCUT2D eigenvalue weighted by atomic mass is 16.1. The molecule has 3 heterocycles. The fraction of sp³-hybridized carbons (Fsp3) is 0.222. The minimum atomic E-state index is -0.743. The Morgan fingerprint density at radius 3 is 2.57 bits per heavy atom. The van der Waals surface area contributed by atoms with Crippen LogP contribution in [0.3, 0.4) is 0 Å². The summed E-state index contributed by atoms with van der Waals surface area (Å²) in [5, 5.41) is 6.74. The molecular weight excluding hydrogens is 360 g/mol. The lowest BCUT2D eigenvalue weighted by molar-refractivity contribution is -0.119. The number of rotatable bonds is 7. The molecule has 0 aliphatic rings. The van der Waals surface area contributed by atoms with Crippen LogP contribution in [0.15, 0.2) is 36.9 Å². The maximum Gasteiger partial charge on any atom is 0.271 e. The number of fused-ring (bicyclic) bond motifs is 1. The van der Waals surface area contributed by atoms with E-state index in [9.17, 15) is 9.59 Å². The Kier molecular flexibility index (Phi) is 5.30. The van der Waals surface area contributed by atoms with Crippen molar-refractivity contribution in [3.8, 4) is 0 Å². The molecule has 3 aromatic rings. The summed E-state index contributed by atoms with van der Waals surface area (Å²) in [4.78, 5) is 40.1. The van der Waals surface area contributed by atoms with E-state index in [-0.39, 0.29) is 23.2 Å². The lowest BCUT2D eigenvalue weighted by Gasteiger charge is -2.20. The standard InChI is InChI=1S/C18H20N8O2/c1-9(2)14(16(19)27)25-13-8-23-15(17(20)28)18(26-13)24-11-5-10-6-21-4-3-12(10)22-7-11/h3-9,14H,1-2H3,(H2,19,27)(H2,20,28)(H2,24,25,26). The third-order valence-electron chi connectivity index (χ3n) is 4.03. The summed E-state index contributed by atoms with van der Waals surface area (Å²) >= 11 is 0. The van der Waals surface area contributed by atoms with Gasteiger partial charge in [0.2, 0.25) is 5.91 Å². The summed E-state index contributed by atoms with van der Waals surface area (Å²) in [5.74, 6) is -0.914. The van der Waals surface area contributed by atoms with Crippen molar-refractivity contribution in [2.45, 2.75) is 19.9 Å². The molecule has 0 fully saturated rings. The largest absolute Gasteiger partial charge is 0.368 e. The number of nitrogens with zero attached hydrogens (tertiary/aromatic N) is 4. The first-order valence-corrected chi connectivity index (χ1v) is 8.54. The maximum absolute atomic E-state index is 11.7. The summed E-state index contributed by atoms with van der Waals surface area (Å²) in [5.41, 5.74) is 12.1. The molecule has 1 atom stereocenters. The summed E-state index contributed by atoms with van der Waals surface area (Å²) in [7, 11) is 0. The van der Waals surface area contributed by atoms with E-state index in [0.29, 0.717) is 5.69 Å². The van der Waals surface area contributed by atoms with Crippen LogP contribution in [0.4, 0.5) is 17.3 Å². The van der Waals surface area contributed by atoms with E-state index in [0.717, 1.165) is 10.9 Å². The Balaban J connectivity index is 1.95. The van der Waals surface area contributed by atoms with Crippen molar-refractivity contribution in [2.24, 2.45) is 17.4 Å². The third-order valence-corrected chi connectivity index (χ3v) is 4.03. The van der Waals surface area contributed by atoms with Gasteiger partial charge in [0.15, 0.2) is 11.5 Å². The van der Waals surface area contributed by atoms with Crippen molar-refractivity contribution < 1.29 is 9.59 Å². The average molecular weight is 380 g/mol. The number of hydrogen-bond acceptors (Lipinski definition) is 8. The van der Waals surface area contributed by atoms with Crippen LogP contribution in [0.25, 0.3) is 10.9 Å². The second kappa shape index (κ2) is 7.82. The van der Waals surface area contributed by atoms with E-state index in [1.54, 1.807) is 24.7 Å². The molecule has 0 bridgehead atoms. The van der Waals surface area contributed by atoms with Gasteiger partial charge in [-0.2, -0.15) is 0 Å². The summed E-state index contributed by atoms with van der Waals surface area (Å²) in [6.45, 7) is 3.70. The molecular formula is C18H20N8O2. The minimum Gasteiger partial charge on any atom is -0.368 e. The fourth-order valence-corrected chi connectivity index (χ4v) is 2.63. The van der Waals surface area contributed by atoms with Crippen LogP contribution in [0, 0.1) is 5.92 Å². The number of carbonyl (C=O) groups is 2. The molecule has 0 saturated heterocycles. The van der Waals surface area contributed by atoms with Crippen molar-refractivity contribution in [1.82, 2.24) is 19.9 Å². The van der Waals surface area contributed by atoms with Crippen molar-refractivity contribution >= 4 is 40.0 Å². The molecule has 0 radical (unpaired) electrons. The van der Waals surface area contributed by atoms with Gasteiger partial charge in [-0.05, 0) is 18.1 Å². The average Bonchev–Trinajstić information content (AvgIpc) is 2.65. The highest BCUT2D eigenvalue weighted by Gasteiger charge is 2.21. The molecule has 1 unspecified atom stereocenters. The van der Waals surface area contributed by atoms with Gasteiger partial charge in [-0.1, -0.05) is 13.8 Å². The Morgan fingerprint density at radius 1 is 1.11 bits per heavy atom. The summed E-state index contributed by atoms with van der Waals surface area (Å²) < 4.78 is 0. The number of carbonyl (C=O) groups excluding carboxylic acids is 2. The Hall–Kier alpha value is -3.82. The van der Waals surface area contributed by atoms with Crippen molar-refractivity contribution in [3.05, 3.63) is 42.6 Å². The Labute approximate surface area is 160 Å². The van der Waals surface area contributed by atoms with Gasteiger partial charge in [0.1, 0.15) is 11.9 Å². The van der Waals surface area contributed by atoms with Gasteiger partial charge in [0.05, 0.1) is 23.6 Å². The number of amides is 2. The second-order valence-corrected chi connectivity index (χ2v) is 6.50. The van der Waals surface area contributed by atoms with Crippen LogP contribution in [0.1, 0.15) is 24.3 Å². The van der Waals surface area contributed by atoms with Crippen molar-refractivity contribution in [1.29, 1.82) is 0 Å². The van der Waals surface area contributed by atoms with Gasteiger partial charge in [-0.25, -0.2) is 9.97 Å². The van der Waals surface area contributed by atoms with E-state index in [4.69, 9.17) is 11.5 Å². The van der Waals surface area contributed by atoms with E-state index in [1.807, 2.05) is 19.9 Å².